The van der Waals surface area contributed by atoms with E-state index < -0.39 is 33.6 Å². The van der Waals surface area contributed by atoms with E-state index in [1.807, 2.05) is 0 Å². The van der Waals surface area contributed by atoms with Gasteiger partial charge in [-0.3, -0.25) is 4.98 Å². The van der Waals surface area contributed by atoms with Crippen molar-refractivity contribution >= 4 is 50.0 Å². The summed E-state index contributed by atoms with van der Waals surface area (Å²) in [5, 5.41) is 12.8. The maximum absolute atomic E-state index is 14.2. The molecule has 0 aliphatic heterocycles. The number of rotatable bonds is 5. The molecule has 2 heterocycles. The van der Waals surface area contributed by atoms with Gasteiger partial charge in [0, 0.05) is 17.6 Å². The largest absolute Gasteiger partial charge is 0.490 e. The van der Waals surface area contributed by atoms with E-state index in [1.54, 1.807) is 37.3 Å². The summed E-state index contributed by atoms with van der Waals surface area (Å²) >= 11 is 0. The average Bonchev–Trinajstić information content (AvgIpc) is 3.15. The first kappa shape index (κ1) is 27.1. The Morgan fingerprint density at radius 1 is 1.11 bits per heavy atom. The maximum Gasteiger partial charge on any atom is 0.490 e. The highest BCUT2D eigenvalue weighted by molar-refractivity contribution is 7.90. The Hall–Kier alpha value is -4.47. The summed E-state index contributed by atoms with van der Waals surface area (Å²) in [4.78, 5) is 30.9. The number of carboxylic acid groups (broad SMARTS) is 1. The number of carbonyl (C=O) groups is 1. The molecule has 0 bridgehead atoms. The molecule has 2 aromatic heterocycles. The predicted molar refractivity (Wildman–Crippen MR) is 123 cm³/mol. The molecule has 4 aromatic rings. The number of aryl methyl sites for hydroxylation is 1. The summed E-state index contributed by atoms with van der Waals surface area (Å²) in [5.74, 6) is -4.07. The topological polar surface area (TPSA) is 167 Å². The summed E-state index contributed by atoms with van der Waals surface area (Å²) in [5.41, 5.74) is 2.34. The van der Waals surface area contributed by atoms with Crippen LogP contribution in [0.1, 0.15) is 5.56 Å². The van der Waals surface area contributed by atoms with Gasteiger partial charge in [-0.25, -0.2) is 27.4 Å². The highest BCUT2D eigenvalue weighted by Crippen LogP contribution is 2.25. The molecule has 0 unspecified atom stereocenters. The number of nitrogens with one attached hydrogen (secondary N) is 3. The summed E-state index contributed by atoms with van der Waals surface area (Å²) < 4.78 is 74.7. The second kappa shape index (κ2) is 10.3. The summed E-state index contributed by atoms with van der Waals surface area (Å²) in [6, 6.07) is 9.54. The highest BCUT2D eigenvalue weighted by Gasteiger charge is 2.38. The highest BCUT2D eigenvalue weighted by atomic mass is 32.2. The lowest BCUT2D eigenvalue weighted by Crippen LogP contribution is -2.21. The molecule has 0 aliphatic rings. The van der Waals surface area contributed by atoms with Crippen LogP contribution in [-0.2, 0) is 14.6 Å². The van der Waals surface area contributed by atoms with Crippen molar-refractivity contribution in [2.45, 2.75) is 18.0 Å². The number of hydrogen-bond donors (Lipinski definition) is 4. The first-order valence-corrected chi connectivity index (χ1v) is 11.8. The SMILES string of the molecule is Cc1ccc(Nc2ncc(F)c(Nc3ccc4oc(=O)[nH]c4c3)n2)cc1S(C)(=O)=O.O=C(O)C(F)(F)F. The van der Waals surface area contributed by atoms with Gasteiger partial charge in [-0.1, -0.05) is 6.07 Å². The molecule has 0 radical (unpaired) electrons. The normalized spacial score (nSPS) is 11.5. The zero-order valence-corrected chi connectivity index (χ0v) is 19.7. The van der Waals surface area contributed by atoms with Crippen molar-refractivity contribution < 1.29 is 40.3 Å². The monoisotopic (exact) mass is 543 g/mol. The Balaban J connectivity index is 0.000000479. The van der Waals surface area contributed by atoms with Crippen LogP contribution < -0.4 is 16.4 Å². The number of sulfone groups is 1. The number of hydrogen-bond acceptors (Lipinski definition) is 9. The van der Waals surface area contributed by atoms with Gasteiger partial charge in [0.15, 0.2) is 27.1 Å². The Labute approximate surface area is 205 Å². The number of halogens is 4. The van der Waals surface area contributed by atoms with Crippen LogP contribution in [0.4, 0.5) is 40.7 Å². The summed E-state index contributed by atoms with van der Waals surface area (Å²) in [7, 11) is -3.41. The van der Waals surface area contributed by atoms with Crippen LogP contribution in [0.2, 0.25) is 0 Å². The minimum absolute atomic E-state index is 0.0694. The molecule has 0 saturated carbocycles. The van der Waals surface area contributed by atoms with Crippen LogP contribution >= 0.6 is 0 Å². The van der Waals surface area contributed by atoms with Crippen LogP contribution in [-0.4, -0.2) is 46.9 Å². The minimum Gasteiger partial charge on any atom is -0.475 e. The molecule has 196 valence electrons. The van der Waals surface area contributed by atoms with E-state index in [1.165, 1.54) is 6.07 Å². The molecule has 4 N–H and O–H groups in total. The van der Waals surface area contributed by atoms with Gasteiger partial charge < -0.3 is 20.2 Å². The smallest absolute Gasteiger partial charge is 0.475 e. The van der Waals surface area contributed by atoms with E-state index in [9.17, 15) is 30.8 Å². The van der Waals surface area contributed by atoms with E-state index in [4.69, 9.17) is 14.3 Å². The number of aromatic amines is 1. The molecule has 2 aromatic carbocycles. The van der Waals surface area contributed by atoms with Crippen molar-refractivity contribution in [1.82, 2.24) is 15.0 Å². The summed E-state index contributed by atoms with van der Waals surface area (Å²) in [6.45, 7) is 1.70. The third kappa shape index (κ3) is 7.03. The Kier molecular flexibility index (Phi) is 7.52. The number of carboxylic acids is 1. The van der Waals surface area contributed by atoms with Crippen LogP contribution in [0.15, 0.2) is 56.7 Å². The number of aliphatic carboxylic acids is 1. The van der Waals surface area contributed by atoms with Gasteiger partial charge in [0.2, 0.25) is 5.95 Å². The fraction of sp³-hybridized carbons (Fsp3) is 0.143. The van der Waals surface area contributed by atoms with Crippen molar-refractivity contribution in [3.05, 3.63) is 64.5 Å². The van der Waals surface area contributed by atoms with Gasteiger partial charge in [0.25, 0.3) is 0 Å². The van der Waals surface area contributed by atoms with E-state index in [2.05, 4.69) is 25.6 Å². The van der Waals surface area contributed by atoms with Crippen LogP contribution in [0.25, 0.3) is 11.1 Å². The molecule has 0 fully saturated rings. The standard InChI is InChI=1S/C19H16FN5O4S.C2HF3O2/c1-10-3-4-12(8-16(10)30(2,27)28)23-18-21-9-13(20)17(25-18)22-11-5-6-15-14(7-11)24-19(26)29-15;3-2(4,5)1(6)7/h3-9H,1-2H3,(H,24,26)(H2,21,22,23,25);(H,6,7). The van der Waals surface area contributed by atoms with Crippen molar-refractivity contribution in [2.24, 2.45) is 0 Å². The summed E-state index contributed by atoms with van der Waals surface area (Å²) in [6.07, 6.45) is -2.97. The van der Waals surface area contributed by atoms with Crippen molar-refractivity contribution in [3.8, 4) is 0 Å². The lowest BCUT2D eigenvalue weighted by molar-refractivity contribution is -0.192. The number of aromatic nitrogens is 3. The molecule has 0 atom stereocenters. The molecule has 0 spiro atoms. The van der Waals surface area contributed by atoms with Crippen LogP contribution in [0.3, 0.4) is 0 Å². The van der Waals surface area contributed by atoms with Crippen LogP contribution in [0.5, 0.6) is 0 Å². The molecule has 0 amide bonds. The number of benzene rings is 2. The third-order valence-corrected chi connectivity index (χ3v) is 5.75. The molecule has 4 rings (SSSR count). The number of fused-ring (bicyclic) bond motifs is 1. The van der Waals surface area contributed by atoms with Gasteiger partial charge in [-0.2, -0.15) is 18.2 Å². The number of H-pyrrole nitrogens is 1. The molecule has 37 heavy (non-hydrogen) atoms. The van der Waals surface area contributed by atoms with Crippen molar-refractivity contribution in [2.75, 3.05) is 16.9 Å². The third-order valence-electron chi connectivity index (χ3n) is 4.51. The van der Waals surface area contributed by atoms with E-state index >= 15 is 0 Å². The Morgan fingerprint density at radius 2 is 1.73 bits per heavy atom. The van der Waals surface area contributed by atoms with Crippen molar-refractivity contribution in [1.29, 1.82) is 0 Å². The average molecular weight is 543 g/mol. The second-order valence-electron chi connectivity index (χ2n) is 7.42. The van der Waals surface area contributed by atoms with Crippen LogP contribution in [0, 0.1) is 12.7 Å². The Bertz CT molecular complexity index is 1630. The lowest BCUT2D eigenvalue weighted by atomic mass is 10.2. The van der Waals surface area contributed by atoms with Crippen molar-refractivity contribution in [3.63, 3.8) is 0 Å². The molecule has 16 heteroatoms. The quantitative estimate of drug-likeness (QED) is 0.271. The number of anilines is 4. The predicted octanol–water partition coefficient (Wildman–Crippen LogP) is 3.88. The molecule has 0 aliphatic carbocycles. The first-order valence-electron chi connectivity index (χ1n) is 9.94. The fourth-order valence-electron chi connectivity index (χ4n) is 2.89. The van der Waals surface area contributed by atoms with Gasteiger partial charge in [-0.05, 0) is 42.8 Å². The molecular weight excluding hydrogens is 526 g/mol. The zero-order valence-electron chi connectivity index (χ0n) is 18.8. The van der Waals surface area contributed by atoms with Gasteiger partial charge in [0.05, 0.1) is 16.6 Å². The number of alkyl halides is 3. The van der Waals surface area contributed by atoms with E-state index in [-0.39, 0.29) is 16.7 Å². The fourth-order valence-corrected chi connectivity index (χ4v) is 3.88. The number of oxazole rings is 1. The minimum atomic E-state index is -5.08. The molecular formula is C21H17F4N5O6S. The van der Waals surface area contributed by atoms with Gasteiger partial charge >= 0.3 is 17.9 Å². The second-order valence-corrected chi connectivity index (χ2v) is 9.41. The first-order chi connectivity index (χ1) is 17.1. The van der Waals surface area contributed by atoms with E-state index in [0.717, 1.165) is 12.5 Å². The van der Waals surface area contributed by atoms with E-state index in [0.29, 0.717) is 28.0 Å². The molecule has 0 saturated heterocycles. The molecule has 11 nitrogen and oxygen atoms in total. The Morgan fingerprint density at radius 3 is 2.35 bits per heavy atom. The maximum atomic E-state index is 14.2. The number of nitrogens with zero attached hydrogens (tertiary/aromatic N) is 2. The zero-order chi connectivity index (χ0) is 27.5. The van der Waals surface area contributed by atoms with Gasteiger partial charge in [-0.15, -0.1) is 0 Å². The lowest BCUT2D eigenvalue weighted by Gasteiger charge is -2.11. The van der Waals surface area contributed by atoms with Gasteiger partial charge in [0.1, 0.15) is 0 Å².